The molecule has 0 unspecified atom stereocenters. The Labute approximate surface area is 187 Å². The van der Waals surface area contributed by atoms with Gasteiger partial charge in [-0.3, -0.25) is 0 Å². The minimum atomic E-state index is -3.73. The first-order valence-electron chi connectivity index (χ1n) is 10.9. The Hall–Kier alpha value is -2.75. The molecule has 2 atom stereocenters. The van der Waals surface area contributed by atoms with E-state index in [9.17, 15) is 8.42 Å². The maximum atomic E-state index is 13.2. The summed E-state index contributed by atoms with van der Waals surface area (Å²) >= 11 is 0. The number of benzene rings is 1. The summed E-state index contributed by atoms with van der Waals surface area (Å²) in [6.45, 7) is 3.55. The number of nitrogens with zero attached hydrogens (tertiary/aromatic N) is 4. The van der Waals surface area contributed by atoms with E-state index in [0.717, 1.165) is 48.1 Å². The molecule has 4 aromatic rings. The number of pyridine rings is 1. The second-order valence-corrected chi connectivity index (χ2v) is 10.1. The normalized spacial score (nSPS) is 19.3. The van der Waals surface area contributed by atoms with Crippen LogP contribution in [0.3, 0.4) is 0 Å². The van der Waals surface area contributed by atoms with Crippen LogP contribution in [0.25, 0.3) is 22.1 Å². The van der Waals surface area contributed by atoms with Crippen LogP contribution in [-0.2, 0) is 14.8 Å². The van der Waals surface area contributed by atoms with Crippen LogP contribution >= 0.6 is 0 Å². The Bertz CT molecular complexity index is 1360. The highest BCUT2D eigenvalue weighted by atomic mass is 32.2. The Balaban J connectivity index is 1.57. The van der Waals surface area contributed by atoms with E-state index in [1.807, 2.05) is 13.0 Å². The fourth-order valence-corrected chi connectivity index (χ4v) is 6.18. The van der Waals surface area contributed by atoms with Crippen LogP contribution in [0.5, 0.6) is 0 Å². The van der Waals surface area contributed by atoms with E-state index < -0.39 is 10.0 Å². The number of nitrogens with one attached hydrogen (secondary N) is 1. The number of rotatable bonds is 7. The van der Waals surface area contributed by atoms with Crippen LogP contribution in [0.4, 0.5) is 0 Å². The number of fused-ring (bicyclic) bond motifs is 3. The highest BCUT2D eigenvalue weighted by molar-refractivity contribution is 7.90. The van der Waals surface area contributed by atoms with Crippen LogP contribution < -0.4 is 5.32 Å². The van der Waals surface area contributed by atoms with Crippen LogP contribution in [0.2, 0.25) is 0 Å². The summed E-state index contributed by atoms with van der Waals surface area (Å²) in [6.07, 6.45) is 6.41. The lowest BCUT2D eigenvalue weighted by molar-refractivity contribution is 0.195. The van der Waals surface area contributed by atoms with Crippen LogP contribution in [0.15, 0.2) is 53.7 Å². The molecular formula is C23H27N5O3S. The van der Waals surface area contributed by atoms with Gasteiger partial charge in [-0.1, -0.05) is 18.2 Å². The zero-order chi connectivity index (χ0) is 22.3. The van der Waals surface area contributed by atoms with Gasteiger partial charge in [0.05, 0.1) is 23.2 Å². The third-order valence-corrected chi connectivity index (χ3v) is 7.99. The molecule has 8 nitrogen and oxygen atoms in total. The van der Waals surface area contributed by atoms with Crippen molar-refractivity contribution in [2.45, 2.75) is 43.2 Å². The Morgan fingerprint density at radius 3 is 2.78 bits per heavy atom. The molecule has 0 spiro atoms. The van der Waals surface area contributed by atoms with Crippen molar-refractivity contribution in [3.63, 3.8) is 0 Å². The molecule has 9 heteroatoms. The Kier molecular flexibility index (Phi) is 5.48. The molecule has 168 valence electrons. The lowest BCUT2D eigenvalue weighted by Gasteiger charge is -2.17. The number of aromatic nitrogens is 4. The largest absolute Gasteiger partial charge is 0.383 e. The summed E-state index contributed by atoms with van der Waals surface area (Å²) in [5.74, 6) is 0.926. The van der Waals surface area contributed by atoms with Crippen LogP contribution in [0, 0.1) is 6.92 Å². The molecule has 1 fully saturated rings. The fraction of sp³-hybridized carbons (Fsp3) is 0.391. The number of aryl methyl sites for hydroxylation is 1. The quantitative estimate of drug-likeness (QED) is 0.432. The van der Waals surface area contributed by atoms with E-state index in [2.05, 4.69) is 14.9 Å². The highest BCUT2D eigenvalue weighted by Crippen LogP contribution is 2.36. The number of methoxy groups -OCH3 is 1. The molecule has 0 radical (unpaired) electrons. The summed E-state index contributed by atoms with van der Waals surface area (Å²) in [7, 11) is -2.02. The van der Waals surface area contributed by atoms with Gasteiger partial charge in [-0.15, -0.1) is 0 Å². The second-order valence-electron chi connectivity index (χ2n) is 8.30. The van der Waals surface area contributed by atoms with E-state index in [1.54, 1.807) is 49.8 Å². The van der Waals surface area contributed by atoms with Crippen molar-refractivity contribution in [3.8, 4) is 0 Å². The Morgan fingerprint density at radius 2 is 2.00 bits per heavy atom. The number of hydrogen-bond donors (Lipinski definition) is 1. The van der Waals surface area contributed by atoms with Crippen molar-refractivity contribution >= 4 is 32.1 Å². The molecule has 1 aliphatic carbocycles. The van der Waals surface area contributed by atoms with E-state index in [0.29, 0.717) is 24.3 Å². The van der Waals surface area contributed by atoms with Crippen LogP contribution in [0.1, 0.15) is 31.1 Å². The van der Waals surface area contributed by atoms with E-state index >= 15 is 0 Å². The van der Waals surface area contributed by atoms with Gasteiger partial charge in [0.1, 0.15) is 11.3 Å². The summed E-state index contributed by atoms with van der Waals surface area (Å²) in [5.41, 5.74) is 2.17. The van der Waals surface area contributed by atoms with Gasteiger partial charge in [0.2, 0.25) is 0 Å². The van der Waals surface area contributed by atoms with Gasteiger partial charge in [-0.2, -0.15) is 0 Å². The molecule has 0 saturated heterocycles. The molecule has 5 rings (SSSR count). The molecule has 1 aliphatic rings. The van der Waals surface area contributed by atoms with Gasteiger partial charge in [0.25, 0.3) is 10.0 Å². The predicted molar refractivity (Wildman–Crippen MR) is 123 cm³/mol. The molecule has 3 heterocycles. The van der Waals surface area contributed by atoms with Gasteiger partial charge in [-0.25, -0.2) is 22.4 Å². The van der Waals surface area contributed by atoms with Crippen molar-refractivity contribution in [2.75, 3.05) is 20.3 Å². The van der Waals surface area contributed by atoms with Crippen LogP contribution in [-0.4, -0.2) is 53.2 Å². The zero-order valence-corrected chi connectivity index (χ0v) is 19.0. The molecular weight excluding hydrogens is 426 g/mol. The van der Waals surface area contributed by atoms with Crippen molar-refractivity contribution in [2.24, 2.45) is 0 Å². The lowest BCUT2D eigenvalue weighted by Crippen LogP contribution is -2.29. The summed E-state index contributed by atoms with van der Waals surface area (Å²) < 4.78 is 35.2. The third-order valence-electron chi connectivity index (χ3n) is 6.31. The monoisotopic (exact) mass is 453 g/mol. The SMILES string of the molecule is COCCN[C@H]1CC[C@H](n2c(C)nc3cnc4c(ccn4S(=O)(=O)c4ccccc4)c32)C1. The smallest absolute Gasteiger partial charge is 0.269 e. The minimum absolute atomic E-state index is 0.241. The average Bonchev–Trinajstić information content (AvgIpc) is 3.50. The van der Waals surface area contributed by atoms with E-state index in [4.69, 9.17) is 9.72 Å². The van der Waals surface area contributed by atoms with Gasteiger partial charge in [-0.05, 0) is 44.4 Å². The summed E-state index contributed by atoms with van der Waals surface area (Å²) in [6, 6.07) is 11.0. The molecule has 32 heavy (non-hydrogen) atoms. The first-order chi connectivity index (χ1) is 15.5. The molecule has 1 aromatic carbocycles. The van der Waals surface area contributed by atoms with E-state index in [-0.39, 0.29) is 4.90 Å². The maximum absolute atomic E-state index is 13.2. The molecule has 0 aliphatic heterocycles. The predicted octanol–water partition coefficient (Wildman–Crippen LogP) is 3.26. The third kappa shape index (κ3) is 3.50. The highest BCUT2D eigenvalue weighted by Gasteiger charge is 2.29. The van der Waals surface area contributed by atoms with Gasteiger partial charge in [0, 0.05) is 37.3 Å². The topological polar surface area (TPSA) is 91.0 Å². The van der Waals surface area contributed by atoms with Crippen molar-refractivity contribution in [1.82, 2.24) is 23.8 Å². The van der Waals surface area contributed by atoms with Gasteiger partial charge < -0.3 is 14.6 Å². The fourth-order valence-electron chi connectivity index (χ4n) is 4.85. The molecule has 3 aromatic heterocycles. The number of hydrogen-bond acceptors (Lipinski definition) is 6. The molecule has 0 amide bonds. The first kappa shape index (κ1) is 21.1. The van der Waals surface area contributed by atoms with E-state index in [1.165, 1.54) is 3.97 Å². The average molecular weight is 454 g/mol. The maximum Gasteiger partial charge on any atom is 0.269 e. The lowest BCUT2D eigenvalue weighted by atomic mass is 10.2. The molecule has 0 bridgehead atoms. The summed E-state index contributed by atoms with van der Waals surface area (Å²) in [5, 5.41) is 4.37. The van der Waals surface area contributed by atoms with Crippen molar-refractivity contribution in [1.29, 1.82) is 0 Å². The molecule has 1 saturated carbocycles. The standard InChI is InChI=1S/C23H27N5O3S/c1-16-26-21-15-25-23-20(10-12-27(23)32(29,30)19-6-4-3-5-7-19)22(21)28(16)18-9-8-17(14-18)24-11-13-31-2/h3-7,10,12,15,17-18,24H,8-9,11,13-14H2,1-2H3/t17-,18-/m0/s1. The minimum Gasteiger partial charge on any atom is -0.383 e. The second kappa shape index (κ2) is 8.31. The van der Waals surface area contributed by atoms with Crippen molar-refractivity contribution < 1.29 is 13.2 Å². The van der Waals surface area contributed by atoms with Gasteiger partial charge in [0.15, 0.2) is 5.65 Å². The number of imidazole rings is 1. The number of ether oxygens (including phenoxy) is 1. The van der Waals surface area contributed by atoms with Crippen molar-refractivity contribution in [3.05, 3.63) is 54.6 Å². The first-order valence-corrected chi connectivity index (χ1v) is 12.3. The zero-order valence-electron chi connectivity index (χ0n) is 18.2. The Morgan fingerprint density at radius 1 is 1.19 bits per heavy atom. The van der Waals surface area contributed by atoms with Gasteiger partial charge >= 0.3 is 0 Å². The summed E-state index contributed by atoms with van der Waals surface area (Å²) in [4.78, 5) is 9.47. The molecule has 1 N–H and O–H groups in total.